The van der Waals surface area contributed by atoms with Gasteiger partial charge in [-0.3, -0.25) is 0 Å². The number of rotatable bonds is 6. The first-order valence-electron chi connectivity index (χ1n) is 6.17. The summed E-state index contributed by atoms with van der Waals surface area (Å²) in [6, 6.07) is 10.4. The average molecular weight is 277 g/mol. The average Bonchev–Trinajstić information content (AvgIpc) is 2.83. The van der Waals surface area contributed by atoms with Gasteiger partial charge in [-0.15, -0.1) is 11.3 Å². The van der Waals surface area contributed by atoms with Gasteiger partial charge in [0.1, 0.15) is 0 Å². The van der Waals surface area contributed by atoms with Gasteiger partial charge in [0.15, 0.2) is 5.13 Å². The van der Waals surface area contributed by atoms with Crippen LogP contribution in [0.4, 0.5) is 5.13 Å². The molecule has 0 aliphatic heterocycles. The third kappa shape index (κ3) is 3.53. The minimum atomic E-state index is 0.509. The molecule has 2 rings (SSSR count). The van der Waals surface area contributed by atoms with E-state index in [1.165, 1.54) is 5.56 Å². The summed E-state index contributed by atoms with van der Waals surface area (Å²) < 4.78 is 5.15. The van der Waals surface area contributed by atoms with Crippen molar-refractivity contribution in [3.63, 3.8) is 0 Å². The van der Waals surface area contributed by atoms with Crippen molar-refractivity contribution in [1.29, 1.82) is 0 Å². The molecule has 0 saturated carbocycles. The van der Waals surface area contributed by atoms with Crippen LogP contribution in [0, 0.1) is 0 Å². The molecule has 2 N–H and O–H groups in total. The maximum absolute atomic E-state index is 5.74. The van der Waals surface area contributed by atoms with Crippen LogP contribution in [0.15, 0.2) is 30.3 Å². The summed E-state index contributed by atoms with van der Waals surface area (Å²) >= 11 is 1.64. The van der Waals surface area contributed by atoms with Crippen molar-refractivity contribution < 1.29 is 4.74 Å². The van der Waals surface area contributed by atoms with Crippen molar-refractivity contribution in [2.24, 2.45) is 5.73 Å². The lowest BCUT2D eigenvalue weighted by atomic mass is 10.2. The summed E-state index contributed by atoms with van der Waals surface area (Å²) in [6.45, 7) is 1.86. The van der Waals surface area contributed by atoms with E-state index in [2.05, 4.69) is 22.0 Å². The SMILES string of the molecule is COCc1nc(N(C)Cc2ccccc2)sc1CN. The maximum Gasteiger partial charge on any atom is 0.185 e. The smallest absolute Gasteiger partial charge is 0.185 e. The number of hydrogen-bond acceptors (Lipinski definition) is 5. The Kier molecular flexibility index (Phi) is 4.90. The Balaban J connectivity index is 2.12. The highest BCUT2D eigenvalue weighted by molar-refractivity contribution is 7.15. The first-order valence-corrected chi connectivity index (χ1v) is 6.99. The number of methoxy groups -OCH3 is 1. The van der Waals surface area contributed by atoms with Gasteiger partial charge in [-0.1, -0.05) is 30.3 Å². The standard InChI is InChI=1S/C14H19N3OS/c1-17(9-11-6-4-3-5-7-11)14-16-12(10-18-2)13(8-15)19-14/h3-7H,8-10,15H2,1-2H3. The molecule has 0 aliphatic carbocycles. The van der Waals surface area contributed by atoms with Gasteiger partial charge < -0.3 is 15.4 Å². The minimum Gasteiger partial charge on any atom is -0.378 e. The minimum absolute atomic E-state index is 0.509. The van der Waals surface area contributed by atoms with Crippen molar-refractivity contribution in [1.82, 2.24) is 4.98 Å². The second-order valence-electron chi connectivity index (χ2n) is 4.35. The van der Waals surface area contributed by atoms with Crippen LogP contribution in [-0.4, -0.2) is 19.1 Å². The van der Waals surface area contributed by atoms with Crippen LogP contribution in [0.5, 0.6) is 0 Å². The zero-order valence-corrected chi connectivity index (χ0v) is 12.1. The third-order valence-corrected chi connectivity index (χ3v) is 4.06. The van der Waals surface area contributed by atoms with E-state index in [0.29, 0.717) is 13.2 Å². The quantitative estimate of drug-likeness (QED) is 0.881. The van der Waals surface area contributed by atoms with Crippen LogP contribution in [0.2, 0.25) is 0 Å². The summed E-state index contributed by atoms with van der Waals surface area (Å²) in [5, 5.41) is 0.983. The van der Waals surface area contributed by atoms with Gasteiger partial charge in [-0.25, -0.2) is 4.98 Å². The van der Waals surface area contributed by atoms with Crippen LogP contribution < -0.4 is 10.6 Å². The van der Waals surface area contributed by atoms with Crippen molar-refractivity contribution >= 4 is 16.5 Å². The molecule has 0 bridgehead atoms. The van der Waals surface area contributed by atoms with Crippen molar-refractivity contribution in [3.05, 3.63) is 46.5 Å². The number of thiazole rings is 1. The van der Waals surface area contributed by atoms with Gasteiger partial charge in [-0.05, 0) is 5.56 Å². The molecule has 0 spiro atoms. The number of aromatic nitrogens is 1. The fourth-order valence-corrected chi connectivity index (χ4v) is 2.77. The normalized spacial score (nSPS) is 10.7. The lowest BCUT2D eigenvalue weighted by Crippen LogP contribution is -2.16. The molecule has 5 heteroatoms. The summed E-state index contributed by atoms with van der Waals surface area (Å²) in [4.78, 5) is 7.84. The molecule has 2 aromatic rings. The monoisotopic (exact) mass is 277 g/mol. The van der Waals surface area contributed by atoms with Crippen LogP contribution in [0.1, 0.15) is 16.1 Å². The highest BCUT2D eigenvalue weighted by Crippen LogP contribution is 2.26. The number of anilines is 1. The van der Waals surface area contributed by atoms with Crippen molar-refractivity contribution in [2.75, 3.05) is 19.1 Å². The van der Waals surface area contributed by atoms with E-state index in [1.54, 1.807) is 18.4 Å². The molecule has 0 fully saturated rings. The zero-order valence-electron chi connectivity index (χ0n) is 11.3. The molecule has 0 radical (unpaired) electrons. The van der Waals surface area contributed by atoms with Gasteiger partial charge in [0, 0.05) is 32.1 Å². The van der Waals surface area contributed by atoms with Crippen molar-refractivity contribution in [3.8, 4) is 0 Å². The Morgan fingerprint density at radius 2 is 2.05 bits per heavy atom. The van der Waals surface area contributed by atoms with Crippen LogP contribution in [0.25, 0.3) is 0 Å². The number of nitrogens with two attached hydrogens (primary N) is 1. The van der Waals surface area contributed by atoms with Gasteiger partial charge >= 0.3 is 0 Å². The van der Waals surface area contributed by atoms with Crippen LogP contribution in [0.3, 0.4) is 0 Å². The third-order valence-electron chi connectivity index (χ3n) is 2.82. The lowest BCUT2D eigenvalue weighted by molar-refractivity contribution is 0.181. The Hall–Kier alpha value is -1.43. The topological polar surface area (TPSA) is 51.4 Å². The van der Waals surface area contributed by atoms with Crippen LogP contribution in [-0.2, 0) is 24.4 Å². The fraction of sp³-hybridized carbons (Fsp3) is 0.357. The summed E-state index contributed by atoms with van der Waals surface area (Å²) in [6.07, 6.45) is 0. The molecule has 0 atom stereocenters. The second kappa shape index (κ2) is 6.65. The molecule has 102 valence electrons. The molecule has 1 aromatic heterocycles. The molecule has 19 heavy (non-hydrogen) atoms. The van der Waals surface area contributed by atoms with E-state index >= 15 is 0 Å². The number of ether oxygens (including phenoxy) is 1. The van der Waals surface area contributed by atoms with Gasteiger partial charge in [0.25, 0.3) is 0 Å². The second-order valence-corrected chi connectivity index (χ2v) is 5.41. The highest BCUT2D eigenvalue weighted by atomic mass is 32.1. The number of nitrogens with zero attached hydrogens (tertiary/aromatic N) is 2. The Labute approximate surface area is 117 Å². The molecule has 0 unspecified atom stereocenters. The molecule has 0 amide bonds. The van der Waals surface area contributed by atoms with Gasteiger partial charge in [0.05, 0.1) is 12.3 Å². The van der Waals surface area contributed by atoms with Gasteiger partial charge in [0.2, 0.25) is 0 Å². The van der Waals surface area contributed by atoms with E-state index in [1.807, 2.05) is 25.2 Å². The predicted octanol–water partition coefficient (Wildman–Crippen LogP) is 2.38. The summed E-state index contributed by atoms with van der Waals surface area (Å²) in [5.74, 6) is 0. The van der Waals surface area contributed by atoms with E-state index in [4.69, 9.17) is 10.5 Å². The zero-order chi connectivity index (χ0) is 13.7. The van der Waals surface area contributed by atoms with E-state index in [9.17, 15) is 0 Å². The van der Waals surface area contributed by atoms with E-state index in [-0.39, 0.29) is 0 Å². The summed E-state index contributed by atoms with van der Waals surface area (Å²) in [7, 11) is 3.72. The Morgan fingerprint density at radius 1 is 1.32 bits per heavy atom. The first kappa shape index (κ1) is 14.0. The molecular weight excluding hydrogens is 258 g/mol. The van der Waals surface area contributed by atoms with Gasteiger partial charge in [-0.2, -0.15) is 0 Å². The molecule has 1 heterocycles. The highest BCUT2D eigenvalue weighted by Gasteiger charge is 2.13. The Morgan fingerprint density at radius 3 is 2.68 bits per heavy atom. The van der Waals surface area contributed by atoms with E-state index in [0.717, 1.165) is 22.2 Å². The number of benzene rings is 1. The molecule has 4 nitrogen and oxygen atoms in total. The molecule has 0 saturated heterocycles. The van der Waals surface area contributed by atoms with Crippen molar-refractivity contribution in [2.45, 2.75) is 19.7 Å². The largest absolute Gasteiger partial charge is 0.378 e. The lowest BCUT2D eigenvalue weighted by Gasteiger charge is -2.15. The van der Waals surface area contributed by atoms with Crippen LogP contribution >= 0.6 is 11.3 Å². The predicted molar refractivity (Wildman–Crippen MR) is 79.3 cm³/mol. The number of hydrogen-bond donors (Lipinski definition) is 1. The Bertz CT molecular complexity index is 513. The maximum atomic E-state index is 5.74. The molecule has 1 aromatic carbocycles. The van der Waals surface area contributed by atoms with E-state index < -0.39 is 0 Å². The molecular formula is C14H19N3OS. The fourth-order valence-electron chi connectivity index (χ4n) is 1.87. The first-order chi connectivity index (χ1) is 9.24. The summed E-state index contributed by atoms with van der Waals surface area (Å²) in [5.41, 5.74) is 7.96. The molecule has 0 aliphatic rings.